The van der Waals surface area contributed by atoms with Crippen LogP contribution in [0.3, 0.4) is 0 Å². The molecule has 0 saturated carbocycles. The number of aryl methyl sites for hydroxylation is 1. The van der Waals surface area contributed by atoms with Crippen molar-refractivity contribution in [2.24, 2.45) is 5.73 Å². The maximum absolute atomic E-state index is 5.43. The van der Waals surface area contributed by atoms with Crippen LogP contribution in [-0.4, -0.2) is 11.5 Å². The van der Waals surface area contributed by atoms with Gasteiger partial charge in [0, 0.05) is 5.38 Å². The van der Waals surface area contributed by atoms with Crippen LogP contribution >= 0.6 is 11.3 Å². The van der Waals surface area contributed by atoms with Crippen molar-refractivity contribution in [3.8, 4) is 0 Å². The van der Waals surface area contributed by atoms with Crippen LogP contribution in [-0.2, 0) is 6.42 Å². The molecule has 74 valence electrons. The molecule has 0 bridgehead atoms. The van der Waals surface area contributed by atoms with Gasteiger partial charge in [-0.25, -0.2) is 4.98 Å². The Balaban J connectivity index is 2.40. The normalized spacial score (nSPS) is 11.1. The number of hydrogen-bond donors (Lipinski definition) is 1. The molecule has 0 saturated heterocycles. The third-order valence-electron chi connectivity index (χ3n) is 2.01. The molecular weight excluding hydrogens is 180 g/mol. The largest absolute Gasteiger partial charge is 0.330 e. The van der Waals surface area contributed by atoms with Gasteiger partial charge in [0.2, 0.25) is 0 Å². The average Bonchev–Trinajstić information content (AvgIpc) is 2.53. The Morgan fingerprint density at radius 1 is 1.46 bits per heavy atom. The minimum atomic E-state index is 0.555. The van der Waals surface area contributed by atoms with Gasteiger partial charge in [-0.05, 0) is 31.7 Å². The van der Waals surface area contributed by atoms with Gasteiger partial charge in [0.15, 0.2) is 0 Å². The molecular formula is C10H18N2S. The van der Waals surface area contributed by atoms with Crippen molar-refractivity contribution in [1.29, 1.82) is 0 Å². The zero-order chi connectivity index (χ0) is 9.68. The molecule has 0 aliphatic carbocycles. The van der Waals surface area contributed by atoms with Crippen molar-refractivity contribution < 1.29 is 0 Å². The summed E-state index contributed by atoms with van der Waals surface area (Å²) in [6, 6.07) is 0. The van der Waals surface area contributed by atoms with Crippen molar-refractivity contribution in [2.75, 3.05) is 6.54 Å². The first kappa shape index (κ1) is 10.7. The summed E-state index contributed by atoms with van der Waals surface area (Å²) in [6.07, 6.45) is 3.37. The lowest BCUT2D eigenvalue weighted by Gasteiger charge is -1.97. The van der Waals surface area contributed by atoms with E-state index in [0.29, 0.717) is 5.92 Å². The minimum Gasteiger partial charge on any atom is -0.330 e. The van der Waals surface area contributed by atoms with Crippen LogP contribution in [0.15, 0.2) is 5.38 Å². The predicted octanol–water partition coefficient (Wildman–Crippen LogP) is 2.55. The quantitative estimate of drug-likeness (QED) is 0.738. The Morgan fingerprint density at radius 3 is 2.77 bits per heavy atom. The first-order valence-electron chi connectivity index (χ1n) is 4.88. The molecule has 1 aromatic heterocycles. The second-order valence-corrected chi connectivity index (χ2v) is 4.51. The van der Waals surface area contributed by atoms with Crippen molar-refractivity contribution in [3.05, 3.63) is 16.1 Å². The van der Waals surface area contributed by atoms with Gasteiger partial charge in [-0.2, -0.15) is 0 Å². The van der Waals surface area contributed by atoms with Gasteiger partial charge in [-0.1, -0.05) is 13.8 Å². The summed E-state index contributed by atoms with van der Waals surface area (Å²) >= 11 is 1.78. The van der Waals surface area contributed by atoms with Gasteiger partial charge in [-0.3, -0.25) is 0 Å². The van der Waals surface area contributed by atoms with E-state index in [1.807, 2.05) is 0 Å². The summed E-state index contributed by atoms with van der Waals surface area (Å²) < 4.78 is 0. The highest BCUT2D eigenvalue weighted by molar-refractivity contribution is 7.09. The van der Waals surface area contributed by atoms with Crippen LogP contribution in [0.2, 0.25) is 0 Å². The van der Waals surface area contributed by atoms with Crippen molar-refractivity contribution >= 4 is 11.3 Å². The second-order valence-electron chi connectivity index (χ2n) is 3.57. The first-order valence-corrected chi connectivity index (χ1v) is 5.76. The summed E-state index contributed by atoms with van der Waals surface area (Å²) in [4.78, 5) is 4.56. The summed E-state index contributed by atoms with van der Waals surface area (Å²) in [7, 11) is 0. The summed E-state index contributed by atoms with van der Waals surface area (Å²) in [6.45, 7) is 5.15. The minimum absolute atomic E-state index is 0.555. The SMILES string of the molecule is CC(C)c1csc(CCCCN)n1. The summed E-state index contributed by atoms with van der Waals surface area (Å²) in [5.74, 6) is 0.555. The molecule has 2 nitrogen and oxygen atoms in total. The highest BCUT2D eigenvalue weighted by atomic mass is 32.1. The highest BCUT2D eigenvalue weighted by Gasteiger charge is 2.04. The third kappa shape index (κ3) is 3.44. The number of aromatic nitrogens is 1. The molecule has 0 aromatic carbocycles. The lowest BCUT2D eigenvalue weighted by molar-refractivity contribution is 0.734. The van der Waals surface area contributed by atoms with Crippen LogP contribution in [0.1, 0.15) is 43.3 Å². The Morgan fingerprint density at radius 2 is 2.23 bits per heavy atom. The number of nitrogens with two attached hydrogens (primary N) is 1. The smallest absolute Gasteiger partial charge is 0.0928 e. The topological polar surface area (TPSA) is 38.9 Å². The van der Waals surface area contributed by atoms with Gasteiger partial charge in [0.05, 0.1) is 10.7 Å². The van der Waals surface area contributed by atoms with E-state index in [-0.39, 0.29) is 0 Å². The Labute approximate surface area is 84.2 Å². The van der Waals surface area contributed by atoms with Gasteiger partial charge < -0.3 is 5.73 Å². The molecule has 0 unspecified atom stereocenters. The average molecular weight is 198 g/mol. The number of unbranched alkanes of at least 4 members (excludes halogenated alkanes) is 1. The van der Waals surface area contributed by atoms with E-state index in [1.54, 1.807) is 11.3 Å². The summed E-state index contributed by atoms with van der Waals surface area (Å²) in [5, 5.41) is 3.43. The van der Waals surface area contributed by atoms with E-state index < -0.39 is 0 Å². The van der Waals surface area contributed by atoms with Crippen molar-refractivity contribution in [2.45, 2.75) is 39.0 Å². The van der Waals surface area contributed by atoms with E-state index in [0.717, 1.165) is 19.4 Å². The van der Waals surface area contributed by atoms with Gasteiger partial charge in [0.1, 0.15) is 0 Å². The lowest BCUT2D eigenvalue weighted by Crippen LogP contribution is -1.99. The third-order valence-corrected chi connectivity index (χ3v) is 2.93. The molecule has 0 aliphatic rings. The fraction of sp³-hybridized carbons (Fsp3) is 0.700. The molecule has 1 aromatic rings. The number of nitrogens with zero attached hydrogens (tertiary/aromatic N) is 1. The van der Waals surface area contributed by atoms with Gasteiger partial charge >= 0.3 is 0 Å². The zero-order valence-electron chi connectivity index (χ0n) is 8.42. The van der Waals surface area contributed by atoms with Crippen LogP contribution in [0.25, 0.3) is 0 Å². The van der Waals surface area contributed by atoms with Crippen molar-refractivity contribution in [3.63, 3.8) is 0 Å². The maximum Gasteiger partial charge on any atom is 0.0928 e. The molecule has 0 atom stereocenters. The fourth-order valence-corrected chi connectivity index (χ4v) is 2.13. The molecule has 1 rings (SSSR count). The Hall–Kier alpha value is -0.410. The zero-order valence-corrected chi connectivity index (χ0v) is 9.23. The van der Waals surface area contributed by atoms with Crippen LogP contribution in [0.5, 0.6) is 0 Å². The Bertz CT molecular complexity index is 243. The van der Waals surface area contributed by atoms with E-state index in [9.17, 15) is 0 Å². The van der Waals surface area contributed by atoms with Gasteiger partial charge in [0.25, 0.3) is 0 Å². The van der Waals surface area contributed by atoms with Crippen molar-refractivity contribution in [1.82, 2.24) is 4.98 Å². The molecule has 3 heteroatoms. The molecule has 0 amide bonds. The summed E-state index contributed by atoms with van der Waals surface area (Å²) in [5.41, 5.74) is 6.66. The number of hydrogen-bond acceptors (Lipinski definition) is 3. The second kappa shape index (κ2) is 5.35. The number of rotatable bonds is 5. The Kier molecular flexibility index (Phi) is 4.39. The molecule has 0 spiro atoms. The van der Waals surface area contributed by atoms with E-state index in [4.69, 9.17) is 5.73 Å². The molecule has 0 fully saturated rings. The molecule has 2 N–H and O–H groups in total. The molecule has 0 aliphatic heterocycles. The van der Waals surface area contributed by atoms with E-state index >= 15 is 0 Å². The fourth-order valence-electron chi connectivity index (χ4n) is 1.13. The van der Waals surface area contributed by atoms with E-state index in [1.165, 1.54) is 17.1 Å². The van der Waals surface area contributed by atoms with Crippen LogP contribution in [0.4, 0.5) is 0 Å². The molecule has 1 heterocycles. The first-order chi connectivity index (χ1) is 6.24. The van der Waals surface area contributed by atoms with Gasteiger partial charge in [-0.15, -0.1) is 11.3 Å². The number of thiazole rings is 1. The maximum atomic E-state index is 5.43. The standard InChI is InChI=1S/C10H18N2S/c1-8(2)9-7-13-10(12-9)5-3-4-6-11/h7-8H,3-6,11H2,1-2H3. The molecule has 13 heavy (non-hydrogen) atoms. The van der Waals surface area contributed by atoms with E-state index in [2.05, 4.69) is 24.2 Å². The lowest BCUT2D eigenvalue weighted by atomic mass is 10.2. The van der Waals surface area contributed by atoms with Crippen LogP contribution in [0, 0.1) is 0 Å². The van der Waals surface area contributed by atoms with Crippen LogP contribution < -0.4 is 5.73 Å². The highest BCUT2D eigenvalue weighted by Crippen LogP contribution is 2.18. The monoisotopic (exact) mass is 198 g/mol. The molecule has 0 radical (unpaired) electrons. The predicted molar refractivity (Wildman–Crippen MR) is 58.2 cm³/mol.